The predicted octanol–water partition coefficient (Wildman–Crippen LogP) is 0.781. The van der Waals surface area contributed by atoms with Crippen molar-refractivity contribution in [3.8, 4) is 0 Å². The van der Waals surface area contributed by atoms with Gasteiger partial charge in [0.05, 0.1) is 12.4 Å². The summed E-state index contributed by atoms with van der Waals surface area (Å²) in [6.45, 7) is 5.25. The largest absolute Gasteiger partial charge is 0.387 e. The van der Waals surface area contributed by atoms with E-state index in [0.717, 1.165) is 10.1 Å². The SMILES string of the molecule is CC(CNC(C)C(O)c1ccccc1)Cn1cnc2c1c(=O)n(C)c(=O)n2C. The molecule has 3 aromatic rings. The lowest BCUT2D eigenvalue weighted by molar-refractivity contribution is 0.133. The minimum atomic E-state index is -0.593. The summed E-state index contributed by atoms with van der Waals surface area (Å²) in [4.78, 5) is 28.8. The van der Waals surface area contributed by atoms with Gasteiger partial charge in [0.15, 0.2) is 11.2 Å². The molecule has 2 heterocycles. The van der Waals surface area contributed by atoms with E-state index >= 15 is 0 Å². The van der Waals surface area contributed by atoms with Crippen LogP contribution in [0, 0.1) is 5.92 Å². The number of nitrogens with zero attached hydrogens (tertiary/aromatic N) is 4. The fourth-order valence-electron chi connectivity index (χ4n) is 3.37. The molecule has 8 heteroatoms. The molecule has 3 unspecified atom stereocenters. The Balaban J connectivity index is 1.69. The van der Waals surface area contributed by atoms with Crippen molar-refractivity contribution in [2.45, 2.75) is 32.5 Å². The third-order valence-corrected chi connectivity index (χ3v) is 5.13. The maximum atomic E-state index is 12.5. The number of fused-ring (bicyclic) bond motifs is 1. The molecule has 0 aliphatic heterocycles. The Hall–Kier alpha value is -2.71. The minimum absolute atomic E-state index is 0.113. The molecule has 150 valence electrons. The molecule has 3 atom stereocenters. The molecule has 0 saturated carbocycles. The van der Waals surface area contributed by atoms with Gasteiger partial charge in [-0.15, -0.1) is 0 Å². The Kier molecular flexibility index (Phi) is 5.81. The number of aromatic nitrogens is 4. The van der Waals surface area contributed by atoms with Crippen molar-refractivity contribution in [1.82, 2.24) is 24.0 Å². The van der Waals surface area contributed by atoms with Gasteiger partial charge in [0.1, 0.15) is 0 Å². The number of imidazole rings is 1. The van der Waals surface area contributed by atoms with E-state index in [1.165, 1.54) is 11.6 Å². The molecule has 0 fully saturated rings. The number of aliphatic hydroxyl groups excluding tert-OH is 1. The van der Waals surface area contributed by atoms with Crippen LogP contribution in [0.4, 0.5) is 0 Å². The van der Waals surface area contributed by atoms with Crippen molar-refractivity contribution in [2.24, 2.45) is 20.0 Å². The Morgan fingerprint density at radius 3 is 2.46 bits per heavy atom. The van der Waals surface area contributed by atoms with Crippen molar-refractivity contribution in [3.63, 3.8) is 0 Å². The second kappa shape index (κ2) is 8.12. The molecular weight excluding hydrogens is 358 g/mol. The molecule has 28 heavy (non-hydrogen) atoms. The van der Waals surface area contributed by atoms with Crippen LogP contribution in [0.25, 0.3) is 11.2 Å². The van der Waals surface area contributed by atoms with E-state index in [1.807, 2.05) is 37.3 Å². The van der Waals surface area contributed by atoms with Gasteiger partial charge < -0.3 is 15.0 Å². The molecule has 3 rings (SSSR count). The zero-order chi connectivity index (χ0) is 20.4. The Morgan fingerprint density at radius 1 is 1.11 bits per heavy atom. The van der Waals surface area contributed by atoms with Gasteiger partial charge in [-0.2, -0.15) is 0 Å². The summed E-state index contributed by atoms with van der Waals surface area (Å²) >= 11 is 0. The molecular formula is C20H27N5O3. The summed E-state index contributed by atoms with van der Waals surface area (Å²) in [5.74, 6) is 0.185. The van der Waals surface area contributed by atoms with Crippen LogP contribution in [-0.4, -0.2) is 36.4 Å². The van der Waals surface area contributed by atoms with E-state index in [9.17, 15) is 14.7 Å². The third-order valence-electron chi connectivity index (χ3n) is 5.13. The summed E-state index contributed by atoms with van der Waals surface area (Å²) in [7, 11) is 3.08. The van der Waals surface area contributed by atoms with Crippen molar-refractivity contribution >= 4 is 11.2 Å². The van der Waals surface area contributed by atoms with E-state index in [0.29, 0.717) is 24.3 Å². The molecule has 2 N–H and O–H groups in total. The Bertz CT molecular complexity index is 1070. The van der Waals surface area contributed by atoms with Crippen LogP contribution in [-0.2, 0) is 20.6 Å². The topological polar surface area (TPSA) is 94.1 Å². The van der Waals surface area contributed by atoms with Crippen LogP contribution in [0.1, 0.15) is 25.5 Å². The molecule has 0 amide bonds. The smallest absolute Gasteiger partial charge is 0.332 e. The summed E-state index contributed by atoms with van der Waals surface area (Å²) in [6.07, 6.45) is 1.01. The lowest BCUT2D eigenvalue weighted by Gasteiger charge is -2.23. The van der Waals surface area contributed by atoms with Gasteiger partial charge in [0, 0.05) is 26.7 Å². The minimum Gasteiger partial charge on any atom is -0.387 e. The number of rotatable bonds is 7. The summed E-state index contributed by atoms with van der Waals surface area (Å²) in [5, 5.41) is 13.8. The van der Waals surface area contributed by atoms with E-state index in [2.05, 4.69) is 17.2 Å². The van der Waals surface area contributed by atoms with Gasteiger partial charge in [-0.05, 0) is 24.9 Å². The molecule has 0 radical (unpaired) electrons. The Labute approximate surface area is 163 Å². The van der Waals surface area contributed by atoms with Gasteiger partial charge >= 0.3 is 5.69 Å². The Morgan fingerprint density at radius 2 is 1.79 bits per heavy atom. The molecule has 0 saturated heterocycles. The second-order valence-corrected chi connectivity index (χ2v) is 7.43. The zero-order valence-corrected chi connectivity index (χ0v) is 16.7. The fraction of sp³-hybridized carbons (Fsp3) is 0.450. The normalized spacial score (nSPS) is 14.9. The summed E-state index contributed by atoms with van der Waals surface area (Å²) in [6, 6.07) is 9.44. The van der Waals surface area contributed by atoms with Gasteiger partial charge in [0.2, 0.25) is 0 Å². The quantitative estimate of drug-likeness (QED) is 0.627. The molecule has 0 spiro atoms. The lowest BCUT2D eigenvalue weighted by atomic mass is 10.0. The number of aryl methyl sites for hydroxylation is 1. The van der Waals surface area contributed by atoms with Gasteiger partial charge in [0.25, 0.3) is 5.56 Å². The third kappa shape index (κ3) is 3.79. The van der Waals surface area contributed by atoms with Crippen LogP contribution in [0.5, 0.6) is 0 Å². The summed E-state index contributed by atoms with van der Waals surface area (Å²) in [5.41, 5.74) is 0.958. The number of aliphatic hydroxyl groups is 1. The highest BCUT2D eigenvalue weighted by Gasteiger charge is 2.18. The van der Waals surface area contributed by atoms with Crippen molar-refractivity contribution < 1.29 is 5.11 Å². The van der Waals surface area contributed by atoms with Gasteiger partial charge in [-0.3, -0.25) is 13.9 Å². The fourth-order valence-corrected chi connectivity index (χ4v) is 3.37. The molecule has 0 aliphatic carbocycles. The average Bonchev–Trinajstić information content (AvgIpc) is 3.12. The summed E-state index contributed by atoms with van der Waals surface area (Å²) < 4.78 is 4.28. The highest BCUT2D eigenvalue weighted by atomic mass is 16.3. The lowest BCUT2D eigenvalue weighted by Crippen LogP contribution is -2.38. The van der Waals surface area contributed by atoms with Crippen molar-refractivity contribution in [2.75, 3.05) is 6.54 Å². The van der Waals surface area contributed by atoms with Crippen LogP contribution >= 0.6 is 0 Å². The highest BCUT2D eigenvalue weighted by molar-refractivity contribution is 5.69. The number of nitrogens with one attached hydrogen (secondary N) is 1. The highest BCUT2D eigenvalue weighted by Crippen LogP contribution is 2.16. The first kappa shape index (κ1) is 20.0. The zero-order valence-electron chi connectivity index (χ0n) is 16.7. The first-order valence-electron chi connectivity index (χ1n) is 9.38. The van der Waals surface area contributed by atoms with Gasteiger partial charge in [-0.25, -0.2) is 9.78 Å². The standard InChI is InChI=1S/C20H27N5O3/c1-13(10-21-14(2)17(26)15-8-6-5-7-9-15)11-25-12-22-18-16(25)19(27)24(4)20(28)23(18)3/h5-9,12-14,17,21,26H,10-11H2,1-4H3. The number of hydrogen-bond acceptors (Lipinski definition) is 5. The maximum Gasteiger partial charge on any atom is 0.332 e. The van der Waals surface area contributed by atoms with E-state index < -0.39 is 6.10 Å². The van der Waals surface area contributed by atoms with Crippen LogP contribution < -0.4 is 16.6 Å². The van der Waals surface area contributed by atoms with Gasteiger partial charge in [-0.1, -0.05) is 37.3 Å². The predicted molar refractivity (Wildman–Crippen MR) is 108 cm³/mol. The first-order valence-corrected chi connectivity index (χ1v) is 9.38. The van der Waals surface area contributed by atoms with Crippen LogP contribution in [0.3, 0.4) is 0 Å². The van der Waals surface area contributed by atoms with E-state index in [1.54, 1.807) is 17.9 Å². The molecule has 2 aromatic heterocycles. The first-order chi connectivity index (χ1) is 13.3. The average molecular weight is 385 g/mol. The molecule has 8 nitrogen and oxygen atoms in total. The molecule has 0 aliphatic rings. The van der Waals surface area contributed by atoms with Crippen molar-refractivity contribution in [1.29, 1.82) is 0 Å². The van der Waals surface area contributed by atoms with E-state index in [4.69, 9.17) is 0 Å². The van der Waals surface area contributed by atoms with Crippen molar-refractivity contribution in [3.05, 3.63) is 63.1 Å². The number of hydrogen-bond donors (Lipinski definition) is 2. The van der Waals surface area contributed by atoms with Crippen LogP contribution in [0.15, 0.2) is 46.2 Å². The maximum absolute atomic E-state index is 12.5. The molecule has 0 bridgehead atoms. The second-order valence-electron chi connectivity index (χ2n) is 7.43. The van der Waals surface area contributed by atoms with E-state index in [-0.39, 0.29) is 23.2 Å². The molecule has 1 aromatic carbocycles. The number of benzene rings is 1. The van der Waals surface area contributed by atoms with Crippen LogP contribution in [0.2, 0.25) is 0 Å². The monoisotopic (exact) mass is 385 g/mol.